The summed E-state index contributed by atoms with van der Waals surface area (Å²) in [6.07, 6.45) is 0. The first-order valence-corrected chi connectivity index (χ1v) is 1.56. The van der Waals surface area contributed by atoms with Crippen LogP contribution in [0.5, 0.6) is 0 Å². The van der Waals surface area contributed by atoms with Crippen LogP contribution in [0.3, 0.4) is 0 Å². The monoisotopic (exact) mass is 96.0 g/mol. The molecule has 0 saturated heterocycles. The minimum atomic E-state index is 0. The summed E-state index contributed by atoms with van der Waals surface area (Å²) in [5, 5.41) is 0. The Labute approximate surface area is 76.8 Å². The van der Waals surface area contributed by atoms with Crippen LogP contribution < -0.4 is 51.4 Å². The van der Waals surface area contributed by atoms with E-state index in [9.17, 15) is 0 Å². The molecule has 0 aliphatic carbocycles. The third kappa shape index (κ3) is 27.8. The van der Waals surface area contributed by atoms with Gasteiger partial charge in [0.25, 0.3) is 0 Å². The molecule has 1 heteroatoms. The van der Waals surface area contributed by atoms with E-state index in [-0.39, 0.29) is 51.4 Å². The van der Waals surface area contributed by atoms with Crippen molar-refractivity contribution in [2.24, 2.45) is 5.92 Å². The van der Waals surface area contributed by atoms with E-state index in [1.54, 1.807) is 0 Å². The summed E-state index contributed by atoms with van der Waals surface area (Å²) in [5.41, 5.74) is 0. The third-order valence-corrected chi connectivity index (χ3v) is 0. The summed E-state index contributed by atoms with van der Waals surface area (Å²) in [7, 11) is 0. The molecule has 0 atom stereocenters. The number of rotatable bonds is 0. The van der Waals surface area contributed by atoms with Gasteiger partial charge in [0.15, 0.2) is 0 Å². The van der Waals surface area contributed by atoms with Gasteiger partial charge in [0, 0.05) is 0 Å². The van der Waals surface area contributed by atoms with Gasteiger partial charge in [0.2, 0.25) is 0 Å². The van der Waals surface area contributed by atoms with Crippen molar-refractivity contribution < 1.29 is 51.4 Å². The Morgan fingerprint density at radius 3 is 1.40 bits per heavy atom. The first kappa shape index (κ1) is 9.81. The van der Waals surface area contributed by atoms with Gasteiger partial charge < -0.3 is 6.92 Å². The first-order chi connectivity index (χ1) is 1.73. The van der Waals surface area contributed by atoms with E-state index in [1.807, 2.05) is 0 Å². The van der Waals surface area contributed by atoms with Crippen LogP contribution in [0, 0.1) is 12.8 Å². The molecule has 26 valence electrons. The van der Waals surface area contributed by atoms with E-state index in [4.69, 9.17) is 0 Å². The van der Waals surface area contributed by atoms with Crippen molar-refractivity contribution in [3.8, 4) is 0 Å². The molecular formula is C4H9K. The average Bonchev–Trinajstić information content (AvgIpc) is 0.811. The standard InChI is InChI=1S/C4H9.K/c1-4(2)3;/h4H,1H2,2-3H3;/q-1;+1. The molecule has 0 spiro atoms. The van der Waals surface area contributed by atoms with Crippen LogP contribution in [0.15, 0.2) is 0 Å². The van der Waals surface area contributed by atoms with Crippen LogP contribution in [0.25, 0.3) is 0 Å². The van der Waals surface area contributed by atoms with Crippen LogP contribution in [-0.2, 0) is 0 Å². The van der Waals surface area contributed by atoms with Gasteiger partial charge in [-0.05, 0) is 0 Å². The largest absolute Gasteiger partial charge is 1.00 e. The average molecular weight is 96.2 g/mol. The van der Waals surface area contributed by atoms with Gasteiger partial charge in [-0.1, -0.05) is 13.8 Å². The van der Waals surface area contributed by atoms with Crippen LogP contribution >= 0.6 is 0 Å². The third-order valence-electron chi connectivity index (χ3n) is 0. The van der Waals surface area contributed by atoms with Crippen LogP contribution in [0.4, 0.5) is 0 Å². The molecule has 0 aliphatic rings. The maximum absolute atomic E-state index is 3.64. The predicted octanol–water partition coefficient (Wildman–Crippen LogP) is -1.52. The molecule has 0 fully saturated rings. The van der Waals surface area contributed by atoms with Crippen molar-refractivity contribution in [3.63, 3.8) is 0 Å². The van der Waals surface area contributed by atoms with Gasteiger partial charge in [-0.25, -0.2) is 0 Å². The molecule has 0 amide bonds. The molecule has 0 unspecified atom stereocenters. The molecule has 0 aromatic rings. The molecule has 0 aromatic heterocycles. The molecule has 0 aliphatic heterocycles. The molecule has 0 rings (SSSR count). The van der Waals surface area contributed by atoms with E-state index >= 15 is 0 Å². The molecule has 0 radical (unpaired) electrons. The number of hydrogen-bond donors (Lipinski definition) is 0. The minimum Gasteiger partial charge on any atom is -0.341 e. The summed E-state index contributed by atoms with van der Waals surface area (Å²) < 4.78 is 0. The molecule has 0 bridgehead atoms. The summed E-state index contributed by atoms with van der Waals surface area (Å²) in [6, 6.07) is 0. The van der Waals surface area contributed by atoms with E-state index in [0.717, 1.165) is 0 Å². The van der Waals surface area contributed by atoms with Gasteiger partial charge >= 0.3 is 51.4 Å². The number of hydrogen-bond acceptors (Lipinski definition) is 0. The van der Waals surface area contributed by atoms with Crippen LogP contribution in [-0.4, -0.2) is 0 Å². The summed E-state index contributed by atoms with van der Waals surface area (Å²) in [5.74, 6) is 0.583. The fourth-order valence-electron chi connectivity index (χ4n) is 0. The predicted molar refractivity (Wildman–Crippen MR) is 20.2 cm³/mol. The van der Waals surface area contributed by atoms with Gasteiger partial charge in [0.05, 0.1) is 0 Å². The maximum Gasteiger partial charge on any atom is 1.00 e. The molecule has 0 nitrogen and oxygen atoms in total. The SMILES string of the molecule is [CH2-]C(C)C.[K+]. The van der Waals surface area contributed by atoms with Crippen molar-refractivity contribution in [1.29, 1.82) is 0 Å². The fraction of sp³-hybridized carbons (Fsp3) is 0.750. The van der Waals surface area contributed by atoms with Gasteiger partial charge in [-0.15, -0.1) is 0 Å². The van der Waals surface area contributed by atoms with Gasteiger partial charge in [-0.2, -0.15) is 5.92 Å². The van der Waals surface area contributed by atoms with Crippen LogP contribution in [0.1, 0.15) is 13.8 Å². The Bertz CT molecular complexity index is 8.36. The Morgan fingerprint density at radius 2 is 1.40 bits per heavy atom. The van der Waals surface area contributed by atoms with Crippen molar-refractivity contribution in [2.75, 3.05) is 0 Å². The van der Waals surface area contributed by atoms with Crippen LogP contribution in [0.2, 0.25) is 0 Å². The minimum absolute atomic E-state index is 0. The first-order valence-electron chi connectivity index (χ1n) is 1.56. The van der Waals surface area contributed by atoms with Gasteiger partial charge in [-0.3, -0.25) is 0 Å². The van der Waals surface area contributed by atoms with Crippen molar-refractivity contribution >= 4 is 0 Å². The fourth-order valence-corrected chi connectivity index (χ4v) is 0. The van der Waals surface area contributed by atoms with E-state index < -0.39 is 0 Å². The Hall–Kier alpha value is 1.64. The van der Waals surface area contributed by atoms with Gasteiger partial charge in [0.1, 0.15) is 0 Å². The van der Waals surface area contributed by atoms with Crippen molar-refractivity contribution in [3.05, 3.63) is 6.92 Å². The zero-order chi connectivity index (χ0) is 3.58. The van der Waals surface area contributed by atoms with E-state index in [2.05, 4.69) is 20.8 Å². The van der Waals surface area contributed by atoms with E-state index in [1.165, 1.54) is 0 Å². The molecule has 5 heavy (non-hydrogen) atoms. The molecule has 0 saturated carbocycles. The normalized spacial score (nSPS) is 7.20. The quantitative estimate of drug-likeness (QED) is 0.254. The van der Waals surface area contributed by atoms with Crippen molar-refractivity contribution in [1.82, 2.24) is 0 Å². The molecule has 0 N–H and O–H groups in total. The second-order valence-corrected chi connectivity index (χ2v) is 1.39. The Morgan fingerprint density at radius 1 is 1.40 bits per heavy atom. The molecular weight excluding hydrogens is 87.1 g/mol. The molecule has 0 aromatic carbocycles. The second kappa shape index (κ2) is 5.64. The van der Waals surface area contributed by atoms with Crippen molar-refractivity contribution in [2.45, 2.75) is 13.8 Å². The summed E-state index contributed by atoms with van der Waals surface area (Å²) >= 11 is 0. The van der Waals surface area contributed by atoms with E-state index in [0.29, 0.717) is 5.92 Å². The zero-order valence-corrected chi connectivity index (χ0v) is 7.41. The Kier molecular flexibility index (Phi) is 11.1. The smallest absolute Gasteiger partial charge is 0.341 e. The second-order valence-electron chi connectivity index (χ2n) is 1.39. The Balaban J connectivity index is 0. The maximum atomic E-state index is 3.64. The summed E-state index contributed by atoms with van der Waals surface area (Å²) in [6.45, 7) is 7.75. The zero-order valence-electron chi connectivity index (χ0n) is 4.28. The topological polar surface area (TPSA) is 0 Å². The molecule has 0 heterocycles. The summed E-state index contributed by atoms with van der Waals surface area (Å²) in [4.78, 5) is 0.